The molecule has 1 nitrogen and oxygen atoms in total. The second-order valence-electron chi connectivity index (χ2n) is 2.27. The average molecular weight is 165 g/mol. The standard InChI is InChI=1S/C10H10FO/c1-2-3-8-12-10-7-5-4-6-9(10)11/h2,4-5,7H,1,3,8H2. The molecule has 0 unspecified atom stereocenters. The average Bonchev–Trinajstić information content (AvgIpc) is 2.09. The minimum atomic E-state index is -0.443. The molecule has 0 atom stereocenters. The van der Waals surface area contributed by atoms with Gasteiger partial charge in [0.15, 0.2) is 11.6 Å². The van der Waals surface area contributed by atoms with Crippen LogP contribution in [-0.4, -0.2) is 6.61 Å². The molecule has 0 N–H and O–H groups in total. The summed E-state index contributed by atoms with van der Waals surface area (Å²) in [4.78, 5) is 0. The Morgan fingerprint density at radius 3 is 3.17 bits per heavy atom. The number of hydrogen-bond donors (Lipinski definition) is 0. The highest BCUT2D eigenvalue weighted by atomic mass is 19.1. The fourth-order valence-corrected chi connectivity index (χ4v) is 0.765. The Morgan fingerprint density at radius 2 is 2.50 bits per heavy atom. The van der Waals surface area contributed by atoms with Gasteiger partial charge in [-0.25, -0.2) is 4.39 Å². The Balaban J connectivity index is 2.51. The lowest BCUT2D eigenvalue weighted by Crippen LogP contribution is -1.97. The van der Waals surface area contributed by atoms with E-state index in [0.29, 0.717) is 13.0 Å². The summed E-state index contributed by atoms with van der Waals surface area (Å²) in [5.74, 6) is -0.194. The fraction of sp³-hybridized carbons (Fsp3) is 0.200. The maximum Gasteiger partial charge on any atom is 0.172 e. The third-order valence-electron chi connectivity index (χ3n) is 1.35. The number of ether oxygens (including phenoxy) is 1. The van der Waals surface area contributed by atoms with Gasteiger partial charge >= 0.3 is 0 Å². The van der Waals surface area contributed by atoms with Crippen molar-refractivity contribution in [3.05, 3.63) is 42.7 Å². The van der Waals surface area contributed by atoms with Crippen LogP contribution in [0.5, 0.6) is 5.75 Å². The SMILES string of the molecule is C=CCCOc1ccc[c]c1F. The molecule has 0 aliphatic rings. The Hall–Kier alpha value is -1.31. The van der Waals surface area contributed by atoms with E-state index in [1.165, 1.54) is 6.07 Å². The van der Waals surface area contributed by atoms with Crippen molar-refractivity contribution in [2.75, 3.05) is 6.61 Å². The molecule has 12 heavy (non-hydrogen) atoms. The number of hydrogen-bond acceptors (Lipinski definition) is 1. The van der Waals surface area contributed by atoms with Crippen LogP contribution in [0.15, 0.2) is 30.9 Å². The number of rotatable bonds is 4. The minimum Gasteiger partial charge on any atom is -0.490 e. The highest BCUT2D eigenvalue weighted by Gasteiger charge is 1.99. The highest BCUT2D eigenvalue weighted by molar-refractivity contribution is 5.22. The zero-order valence-electron chi connectivity index (χ0n) is 6.72. The van der Waals surface area contributed by atoms with Crippen molar-refractivity contribution in [2.24, 2.45) is 0 Å². The van der Waals surface area contributed by atoms with Crippen LogP contribution >= 0.6 is 0 Å². The van der Waals surface area contributed by atoms with E-state index in [9.17, 15) is 4.39 Å². The zero-order chi connectivity index (χ0) is 8.81. The minimum absolute atomic E-state index is 0.249. The van der Waals surface area contributed by atoms with Crippen molar-refractivity contribution >= 4 is 0 Å². The molecule has 0 aliphatic heterocycles. The maximum absolute atomic E-state index is 12.8. The Labute approximate surface area is 71.5 Å². The number of benzene rings is 1. The van der Waals surface area contributed by atoms with Gasteiger partial charge in [0.1, 0.15) is 0 Å². The van der Waals surface area contributed by atoms with Gasteiger partial charge in [0.25, 0.3) is 0 Å². The molecule has 0 heterocycles. The first-order chi connectivity index (χ1) is 5.84. The smallest absolute Gasteiger partial charge is 0.172 e. The molecule has 0 bridgehead atoms. The van der Waals surface area contributed by atoms with Crippen LogP contribution in [0.1, 0.15) is 6.42 Å². The Bertz CT molecular complexity index is 258. The van der Waals surface area contributed by atoms with E-state index in [4.69, 9.17) is 4.74 Å². The van der Waals surface area contributed by atoms with Crippen LogP contribution in [0.25, 0.3) is 0 Å². The van der Waals surface area contributed by atoms with Gasteiger partial charge in [0, 0.05) is 6.07 Å². The third-order valence-corrected chi connectivity index (χ3v) is 1.35. The Morgan fingerprint density at radius 1 is 1.67 bits per heavy atom. The molecule has 0 amide bonds. The van der Waals surface area contributed by atoms with Crippen molar-refractivity contribution in [1.29, 1.82) is 0 Å². The molecule has 1 aromatic rings. The molecule has 0 saturated carbocycles. The molecule has 1 radical (unpaired) electrons. The van der Waals surface area contributed by atoms with Crippen molar-refractivity contribution < 1.29 is 9.13 Å². The zero-order valence-corrected chi connectivity index (χ0v) is 6.72. The van der Waals surface area contributed by atoms with Gasteiger partial charge in [0.2, 0.25) is 0 Å². The van der Waals surface area contributed by atoms with E-state index in [1.54, 1.807) is 18.2 Å². The van der Waals surface area contributed by atoms with E-state index in [0.717, 1.165) is 0 Å². The molecule has 0 spiro atoms. The van der Waals surface area contributed by atoms with Gasteiger partial charge in [-0.1, -0.05) is 18.2 Å². The normalized spacial score (nSPS) is 9.42. The molecule has 1 rings (SSSR count). The van der Waals surface area contributed by atoms with Gasteiger partial charge < -0.3 is 4.74 Å². The summed E-state index contributed by atoms with van der Waals surface area (Å²) in [7, 11) is 0. The molecular weight excluding hydrogens is 155 g/mol. The van der Waals surface area contributed by atoms with Crippen LogP contribution in [0, 0.1) is 11.9 Å². The van der Waals surface area contributed by atoms with Gasteiger partial charge in [-0.15, -0.1) is 6.58 Å². The van der Waals surface area contributed by atoms with E-state index < -0.39 is 5.82 Å². The molecule has 0 aliphatic carbocycles. The summed E-state index contributed by atoms with van der Waals surface area (Å²) in [6.45, 7) is 3.99. The van der Waals surface area contributed by atoms with E-state index in [-0.39, 0.29) is 5.75 Å². The predicted octanol–water partition coefficient (Wildman–Crippen LogP) is 2.58. The van der Waals surface area contributed by atoms with Crippen LogP contribution < -0.4 is 4.74 Å². The van der Waals surface area contributed by atoms with E-state index in [2.05, 4.69) is 12.6 Å². The molecule has 2 heteroatoms. The largest absolute Gasteiger partial charge is 0.490 e. The van der Waals surface area contributed by atoms with Crippen LogP contribution in [-0.2, 0) is 0 Å². The van der Waals surface area contributed by atoms with Gasteiger partial charge in [-0.05, 0) is 12.5 Å². The molecule has 0 fully saturated rings. The lowest BCUT2D eigenvalue weighted by Gasteiger charge is -2.03. The van der Waals surface area contributed by atoms with Gasteiger partial charge in [-0.2, -0.15) is 0 Å². The van der Waals surface area contributed by atoms with Crippen molar-refractivity contribution in [1.82, 2.24) is 0 Å². The fourth-order valence-electron chi connectivity index (χ4n) is 0.765. The summed E-state index contributed by atoms with van der Waals surface area (Å²) in [5.41, 5.74) is 0. The molecule has 0 aromatic heterocycles. The van der Waals surface area contributed by atoms with Crippen LogP contribution in [0.4, 0.5) is 4.39 Å². The van der Waals surface area contributed by atoms with E-state index >= 15 is 0 Å². The first kappa shape index (κ1) is 8.78. The highest BCUT2D eigenvalue weighted by Crippen LogP contribution is 2.14. The molecule has 63 valence electrons. The van der Waals surface area contributed by atoms with Gasteiger partial charge in [-0.3, -0.25) is 0 Å². The monoisotopic (exact) mass is 165 g/mol. The quantitative estimate of drug-likeness (QED) is 0.492. The second-order valence-corrected chi connectivity index (χ2v) is 2.27. The lowest BCUT2D eigenvalue weighted by atomic mass is 10.3. The van der Waals surface area contributed by atoms with Gasteiger partial charge in [0.05, 0.1) is 6.61 Å². The van der Waals surface area contributed by atoms with Crippen molar-refractivity contribution in [3.63, 3.8) is 0 Å². The summed E-state index contributed by atoms with van der Waals surface area (Å²) < 4.78 is 17.9. The summed E-state index contributed by atoms with van der Waals surface area (Å²) in [6.07, 6.45) is 2.44. The Kier molecular flexibility index (Phi) is 3.33. The lowest BCUT2D eigenvalue weighted by molar-refractivity contribution is 0.308. The van der Waals surface area contributed by atoms with Crippen LogP contribution in [0.2, 0.25) is 0 Å². The number of halogens is 1. The molecule has 1 aromatic carbocycles. The molecular formula is C10H10FO. The van der Waals surface area contributed by atoms with E-state index in [1.807, 2.05) is 0 Å². The predicted molar refractivity (Wildman–Crippen MR) is 45.5 cm³/mol. The molecule has 0 saturated heterocycles. The van der Waals surface area contributed by atoms with Crippen molar-refractivity contribution in [2.45, 2.75) is 6.42 Å². The third kappa shape index (κ3) is 2.38. The second kappa shape index (κ2) is 4.54. The first-order valence-corrected chi connectivity index (χ1v) is 3.74. The first-order valence-electron chi connectivity index (χ1n) is 3.74. The maximum atomic E-state index is 12.8. The summed E-state index contributed by atoms with van der Waals surface area (Å²) in [6, 6.07) is 7.18. The summed E-state index contributed by atoms with van der Waals surface area (Å²) >= 11 is 0. The topological polar surface area (TPSA) is 9.23 Å². The summed E-state index contributed by atoms with van der Waals surface area (Å²) in [5, 5.41) is 0. The van der Waals surface area contributed by atoms with Crippen molar-refractivity contribution in [3.8, 4) is 5.75 Å². The van der Waals surface area contributed by atoms with Crippen LogP contribution in [0.3, 0.4) is 0 Å².